The Morgan fingerprint density at radius 2 is 1.96 bits per heavy atom. The Bertz CT molecular complexity index is 1280. The number of nitrogens with one attached hydrogen (secondary N) is 1. The summed E-state index contributed by atoms with van der Waals surface area (Å²) in [5, 5.41) is 16.0. The number of thiazole rings is 1. The Labute approximate surface area is 161 Å². The van der Waals surface area contributed by atoms with Crippen molar-refractivity contribution in [2.45, 2.75) is 0 Å². The maximum absolute atomic E-state index is 12.5. The van der Waals surface area contributed by atoms with Crippen LogP contribution in [0.1, 0.15) is 10.4 Å². The van der Waals surface area contributed by atoms with Crippen LogP contribution in [-0.2, 0) is 0 Å². The van der Waals surface area contributed by atoms with Gasteiger partial charge in [0.2, 0.25) is 0 Å². The van der Waals surface area contributed by atoms with Crippen LogP contribution in [0.5, 0.6) is 0 Å². The SMILES string of the molecule is O=C(Nc1nc(-c2cccc([N+](=O)[O-])c2)cs1)c1cc2ccccc2oc1=O. The zero-order valence-electron chi connectivity index (χ0n) is 14.1. The normalized spacial score (nSPS) is 10.7. The average molecular weight is 393 g/mol. The monoisotopic (exact) mass is 393 g/mol. The Kier molecular flexibility index (Phi) is 4.42. The summed E-state index contributed by atoms with van der Waals surface area (Å²) < 4.78 is 5.16. The lowest BCUT2D eigenvalue weighted by atomic mass is 10.1. The number of hydrogen-bond acceptors (Lipinski definition) is 7. The summed E-state index contributed by atoms with van der Waals surface area (Å²) in [7, 11) is 0. The fourth-order valence-electron chi connectivity index (χ4n) is 2.63. The molecule has 0 spiro atoms. The van der Waals surface area contributed by atoms with E-state index in [-0.39, 0.29) is 16.4 Å². The van der Waals surface area contributed by atoms with E-state index in [1.807, 2.05) is 0 Å². The third-order valence-corrected chi connectivity index (χ3v) is 4.72. The minimum Gasteiger partial charge on any atom is -0.422 e. The fourth-order valence-corrected chi connectivity index (χ4v) is 3.34. The van der Waals surface area contributed by atoms with E-state index in [4.69, 9.17) is 4.42 Å². The zero-order valence-corrected chi connectivity index (χ0v) is 14.9. The van der Waals surface area contributed by atoms with Gasteiger partial charge in [0.1, 0.15) is 11.1 Å². The van der Waals surface area contributed by atoms with Crippen LogP contribution in [0.3, 0.4) is 0 Å². The van der Waals surface area contributed by atoms with Crippen molar-refractivity contribution in [3.8, 4) is 11.3 Å². The highest BCUT2D eigenvalue weighted by Gasteiger charge is 2.16. The van der Waals surface area contributed by atoms with Gasteiger partial charge in [0.15, 0.2) is 5.13 Å². The molecule has 0 atom stereocenters. The van der Waals surface area contributed by atoms with Crippen LogP contribution < -0.4 is 10.9 Å². The molecule has 138 valence electrons. The molecule has 1 amide bonds. The molecule has 28 heavy (non-hydrogen) atoms. The van der Waals surface area contributed by atoms with Gasteiger partial charge in [-0.2, -0.15) is 0 Å². The predicted octanol–water partition coefficient (Wildman–Crippen LogP) is 4.08. The molecule has 0 bridgehead atoms. The summed E-state index contributed by atoms with van der Waals surface area (Å²) in [6.45, 7) is 0. The molecular weight excluding hydrogens is 382 g/mol. The van der Waals surface area contributed by atoms with Crippen LogP contribution >= 0.6 is 11.3 Å². The van der Waals surface area contributed by atoms with E-state index in [1.54, 1.807) is 41.8 Å². The molecule has 0 unspecified atom stereocenters. The lowest BCUT2D eigenvalue weighted by Crippen LogP contribution is -2.20. The summed E-state index contributed by atoms with van der Waals surface area (Å²) in [5.74, 6) is -0.639. The van der Waals surface area contributed by atoms with Gasteiger partial charge in [0, 0.05) is 28.5 Å². The van der Waals surface area contributed by atoms with Crippen LogP contribution in [-0.4, -0.2) is 15.8 Å². The molecule has 2 aromatic heterocycles. The van der Waals surface area contributed by atoms with E-state index in [0.717, 1.165) is 11.3 Å². The minimum atomic E-state index is -0.744. The molecule has 1 N–H and O–H groups in total. The number of aromatic nitrogens is 1. The molecule has 0 saturated heterocycles. The van der Waals surface area contributed by atoms with Crippen molar-refractivity contribution in [3.63, 3.8) is 0 Å². The highest BCUT2D eigenvalue weighted by molar-refractivity contribution is 7.14. The first-order valence-corrected chi connectivity index (χ1v) is 8.94. The molecule has 0 saturated carbocycles. The molecular formula is C19H11N3O5S. The van der Waals surface area contributed by atoms with E-state index in [9.17, 15) is 19.7 Å². The van der Waals surface area contributed by atoms with Gasteiger partial charge in [-0.25, -0.2) is 9.78 Å². The number of nitrogens with zero attached hydrogens (tertiary/aromatic N) is 2. The molecule has 4 aromatic rings. The molecule has 0 aliphatic heterocycles. The third kappa shape index (κ3) is 3.38. The van der Waals surface area contributed by atoms with Crippen molar-refractivity contribution >= 4 is 39.0 Å². The van der Waals surface area contributed by atoms with Crippen molar-refractivity contribution in [1.82, 2.24) is 4.98 Å². The van der Waals surface area contributed by atoms with E-state index < -0.39 is 16.5 Å². The standard InChI is InChI=1S/C19H11N3O5S/c23-17(14-9-12-4-1-2-7-16(12)27-18(14)24)21-19-20-15(10-28-19)11-5-3-6-13(8-11)22(25)26/h1-10H,(H,20,21,23). The second-order valence-electron chi connectivity index (χ2n) is 5.78. The van der Waals surface area contributed by atoms with Crippen LogP contribution in [0.4, 0.5) is 10.8 Å². The van der Waals surface area contributed by atoms with Gasteiger partial charge in [-0.1, -0.05) is 30.3 Å². The van der Waals surface area contributed by atoms with Crippen LogP contribution in [0, 0.1) is 10.1 Å². The summed E-state index contributed by atoms with van der Waals surface area (Å²) >= 11 is 1.15. The van der Waals surface area contributed by atoms with Crippen LogP contribution in [0.25, 0.3) is 22.2 Å². The van der Waals surface area contributed by atoms with Gasteiger partial charge in [-0.15, -0.1) is 11.3 Å². The Morgan fingerprint density at radius 1 is 1.14 bits per heavy atom. The number of non-ortho nitro benzene ring substituents is 1. The third-order valence-electron chi connectivity index (χ3n) is 3.96. The first kappa shape index (κ1) is 17.6. The van der Waals surface area contributed by atoms with Gasteiger partial charge < -0.3 is 4.42 Å². The van der Waals surface area contributed by atoms with Gasteiger partial charge in [-0.05, 0) is 12.1 Å². The number of nitro groups is 1. The van der Waals surface area contributed by atoms with Crippen LogP contribution in [0.2, 0.25) is 0 Å². The molecule has 2 heterocycles. The second kappa shape index (κ2) is 7.05. The first-order valence-electron chi connectivity index (χ1n) is 8.06. The van der Waals surface area contributed by atoms with Crippen molar-refractivity contribution in [2.75, 3.05) is 5.32 Å². The molecule has 0 aliphatic rings. The molecule has 8 nitrogen and oxygen atoms in total. The topological polar surface area (TPSA) is 115 Å². The lowest BCUT2D eigenvalue weighted by Gasteiger charge is -2.02. The number of fused-ring (bicyclic) bond motifs is 1. The summed E-state index contributed by atoms with van der Waals surface area (Å²) in [6.07, 6.45) is 0. The van der Waals surface area contributed by atoms with Gasteiger partial charge in [0.05, 0.1) is 10.6 Å². The second-order valence-corrected chi connectivity index (χ2v) is 6.64. The van der Waals surface area contributed by atoms with Crippen molar-refractivity contribution in [2.24, 2.45) is 0 Å². The number of amides is 1. The number of anilines is 1. The number of rotatable bonds is 4. The largest absolute Gasteiger partial charge is 0.422 e. The summed E-state index contributed by atoms with van der Waals surface area (Å²) in [6, 6.07) is 14.4. The van der Waals surface area contributed by atoms with Crippen molar-refractivity contribution in [3.05, 3.63) is 86.1 Å². The smallest absolute Gasteiger partial charge is 0.349 e. The quantitative estimate of drug-likeness (QED) is 0.317. The molecule has 0 radical (unpaired) electrons. The maximum atomic E-state index is 12.5. The van der Waals surface area contributed by atoms with Gasteiger partial charge in [0.25, 0.3) is 11.6 Å². The van der Waals surface area contributed by atoms with Crippen molar-refractivity contribution < 1.29 is 14.1 Å². The molecule has 0 aliphatic carbocycles. The average Bonchev–Trinajstić information content (AvgIpc) is 3.16. The highest BCUT2D eigenvalue weighted by atomic mass is 32.1. The maximum Gasteiger partial charge on any atom is 0.349 e. The van der Waals surface area contributed by atoms with Gasteiger partial charge in [-0.3, -0.25) is 20.2 Å². The lowest BCUT2D eigenvalue weighted by molar-refractivity contribution is -0.384. The molecule has 9 heteroatoms. The highest BCUT2D eigenvalue weighted by Crippen LogP contribution is 2.27. The number of carbonyl (C=O) groups excluding carboxylic acids is 1. The molecule has 0 fully saturated rings. The Hall–Kier alpha value is -3.85. The van der Waals surface area contributed by atoms with E-state index in [1.165, 1.54) is 18.2 Å². The number of hydrogen-bond donors (Lipinski definition) is 1. The zero-order chi connectivity index (χ0) is 19.7. The first-order chi connectivity index (χ1) is 13.5. The Morgan fingerprint density at radius 3 is 2.79 bits per heavy atom. The molecule has 2 aromatic carbocycles. The predicted molar refractivity (Wildman–Crippen MR) is 105 cm³/mol. The van der Waals surface area contributed by atoms with E-state index in [2.05, 4.69) is 10.3 Å². The Balaban J connectivity index is 1.60. The van der Waals surface area contributed by atoms with Gasteiger partial charge >= 0.3 is 5.63 Å². The minimum absolute atomic E-state index is 0.0511. The summed E-state index contributed by atoms with van der Waals surface area (Å²) in [5.41, 5.74) is 0.499. The van der Waals surface area contributed by atoms with Crippen molar-refractivity contribution in [1.29, 1.82) is 0 Å². The number of benzene rings is 2. The summed E-state index contributed by atoms with van der Waals surface area (Å²) in [4.78, 5) is 39.2. The van der Waals surface area contributed by atoms with E-state index in [0.29, 0.717) is 22.2 Å². The van der Waals surface area contributed by atoms with E-state index >= 15 is 0 Å². The number of para-hydroxylation sites is 1. The fraction of sp³-hybridized carbons (Fsp3) is 0. The number of nitro benzene ring substituents is 1. The number of carbonyl (C=O) groups is 1. The van der Waals surface area contributed by atoms with Crippen LogP contribution in [0.15, 0.2) is 69.2 Å². The molecule has 4 rings (SSSR count).